The van der Waals surface area contributed by atoms with E-state index in [9.17, 15) is 0 Å². The van der Waals surface area contributed by atoms with Crippen LogP contribution in [0.2, 0.25) is 0 Å². The molecule has 0 aromatic heterocycles. The summed E-state index contributed by atoms with van der Waals surface area (Å²) in [4.78, 5) is 0. The Morgan fingerprint density at radius 1 is 0.955 bits per heavy atom. The third-order valence-electron chi connectivity index (χ3n) is 5.24. The van der Waals surface area contributed by atoms with Gasteiger partial charge in [-0.3, -0.25) is 0 Å². The first-order valence-electron chi connectivity index (χ1n) is 8.91. The van der Waals surface area contributed by atoms with Crippen molar-refractivity contribution in [2.45, 2.75) is 77.7 Å². The van der Waals surface area contributed by atoms with Crippen LogP contribution in [0.15, 0.2) is 23.3 Å². The molecular weight excluding hydrogens is 304 g/mol. The van der Waals surface area contributed by atoms with Crippen molar-refractivity contribution >= 4 is 25.3 Å². The summed E-state index contributed by atoms with van der Waals surface area (Å²) in [6.07, 6.45) is 9.71. The quantitative estimate of drug-likeness (QED) is 0.411. The number of thiol groups is 2. The molecule has 2 rings (SSSR count). The van der Waals surface area contributed by atoms with Gasteiger partial charge in [-0.2, -0.15) is 25.3 Å². The van der Waals surface area contributed by atoms with Crippen LogP contribution >= 0.6 is 25.3 Å². The molecule has 0 aliphatic heterocycles. The molecule has 0 bridgehead atoms. The third-order valence-corrected chi connectivity index (χ3v) is 6.34. The van der Waals surface area contributed by atoms with E-state index in [0.29, 0.717) is 10.5 Å². The monoisotopic (exact) mass is 340 g/mol. The molecule has 2 aliphatic rings. The van der Waals surface area contributed by atoms with Crippen molar-refractivity contribution in [3.05, 3.63) is 23.3 Å². The molecule has 0 saturated carbocycles. The molecule has 0 aromatic rings. The van der Waals surface area contributed by atoms with E-state index in [1.807, 2.05) is 0 Å². The lowest BCUT2D eigenvalue weighted by Crippen LogP contribution is -2.23. The normalized spacial score (nSPS) is 32.3. The van der Waals surface area contributed by atoms with Gasteiger partial charge in [0.15, 0.2) is 0 Å². The highest BCUT2D eigenvalue weighted by atomic mass is 32.1. The fourth-order valence-corrected chi connectivity index (χ4v) is 5.07. The van der Waals surface area contributed by atoms with Gasteiger partial charge in [0.1, 0.15) is 0 Å². The third kappa shape index (κ3) is 6.35. The Balaban J connectivity index is 0.000000220. The van der Waals surface area contributed by atoms with Crippen molar-refractivity contribution in [2.24, 2.45) is 23.7 Å². The first-order chi connectivity index (χ1) is 10.2. The molecule has 128 valence electrons. The van der Waals surface area contributed by atoms with E-state index in [4.69, 9.17) is 0 Å². The first kappa shape index (κ1) is 20.2. The summed E-state index contributed by atoms with van der Waals surface area (Å²) in [7, 11) is 0. The van der Waals surface area contributed by atoms with E-state index >= 15 is 0 Å². The highest BCUT2D eigenvalue weighted by molar-refractivity contribution is 7.81. The van der Waals surface area contributed by atoms with Crippen molar-refractivity contribution in [1.29, 1.82) is 0 Å². The molecule has 0 spiro atoms. The summed E-state index contributed by atoms with van der Waals surface area (Å²) >= 11 is 9.19. The van der Waals surface area contributed by atoms with E-state index < -0.39 is 0 Å². The van der Waals surface area contributed by atoms with Crippen molar-refractivity contribution in [3.63, 3.8) is 0 Å². The molecular formula is C20H36S2. The Kier molecular flexibility index (Phi) is 8.71. The molecule has 2 aliphatic carbocycles. The van der Waals surface area contributed by atoms with E-state index in [1.165, 1.54) is 36.8 Å². The highest BCUT2D eigenvalue weighted by Crippen LogP contribution is 2.33. The van der Waals surface area contributed by atoms with Crippen LogP contribution in [0.1, 0.15) is 67.2 Å². The average Bonchev–Trinajstić information content (AvgIpc) is 2.38. The minimum absolute atomic E-state index is 0.503. The zero-order valence-corrected chi connectivity index (χ0v) is 17.1. The predicted octanol–water partition coefficient (Wildman–Crippen LogP) is 6.59. The average molecular weight is 341 g/mol. The number of allylic oxidation sites excluding steroid dienone is 3. The van der Waals surface area contributed by atoms with Gasteiger partial charge in [0.05, 0.1) is 0 Å². The zero-order valence-electron chi connectivity index (χ0n) is 15.3. The van der Waals surface area contributed by atoms with Crippen LogP contribution in [0.4, 0.5) is 0 Å². The minimum atomic E-state index is 0.503. The second-order valence-electron chi connectivity index (χ2n) is 7.92. The van der Waals surface area contributed by atoms with Gasteiger partial charge in [0.2, 0.25) is 0 Å². The van der Waals surface area contributed by atoms with Gasteiger partial charge in [-0.05, 0) is 63.2 Å². The summed E-state index contributed by atoms with van der Waals surface area (Å²) in [6, 6.07) is 0. The van der Waals surface area contributed by atoms with Crippen LogP contribution in [-0.4, -0.2) is 10.5 Å². The fraction of sp³-hybridized carbons (Fsp3) is 0.800. The second kappa shape index (κ2) is 9.47. The zero-order chi connectivity index (χ0) is 16.9. The van der Waals surface area contributed by atoms with Crippen molar-refractivity contribution < 1.29 is 0 Å². The standard InChI is InChI=1S/2C10H18S/c2*1-7(2)9-5-4-8(3)6-10(9)11/h6-7,9-11H,4-5H2,1-3H3;4,7,9-11H,5-6H2,1-3H3. The summed E-state index contributed by atoms with van der Waals surface area (Å²) in [5.74, 6) is 3.15. The van der Waals surface area contributed by atoms with Crippen LogP contribution in [0.3, 0.4) is 0 Å². The van der Waals surface area contributed by atoms with E-state index in [2.05, 4.69) is 79.0 Å². The van der Waals surface area contributed by atoms with Gasteiger partial charge in [-0.1, -0.05) is 51.0 Å². The molecule has 0 amide bonds. The number of hydrogen-bond acceptors (Lipinski definition) is 2. The first-order valence-corrected chi connectivity index (χ1v) is 9.94. The van der Waals surface area contributed by atoms with Crippen LogP contribution < -0.4 is 0 Å². The summed E-state index contributed by atoms with van der Waals surface area (Å²) in [5, 5.41) is 1.10. The van der Waals surface area contributed by atoms with Crippen LogP contribution in [0.5, 0.6) is 0 Å². The summed E-state index contributed by atoms with van der Waals surface area (Å²) in [6.45, 7) is 13.6. The Morgan fingerprint density at radius 3 is 2.00 bits per heavy atom. The Hall–Kier alpha value is 0.180. The molecule has 0 fully saturated rings. The van der Waals surface area contributed by atoms with Gasteiger partial charge in [-0.15, -0.1) is 0 Å². The van der Waals surface area contributed by atoms with E-state index in [-0.39, 0.29) is 0 Å². The van der Waals surface area contributed by atoms with Gasteiger partial charge in [0.25, 0.3) is 0 Å². The molecule has 0 radical (unpaired) electrons. The molecule has 22 heavy (non-hydrogen) atoms. The SMILES string of the molecule is CC1=CC(S)C(C(C)C)CC1.CC1=CCC(C(C)C)C(S)C1. The molecule has 0 heterocycles. The largest absolute Gasteiger partial charge is 0.175 e. The van der Waals surface area contributed by atoms with Crippen molar-refractivity contribution in [1.82, 2.24) is 0 Å². The molecule has 4 unspecified atom stereocenters. The Morgan fingerprint density at radius 2 is 1.55 bits per heavy atom. The van der Waals surface area contributed by atoms with Gasteiger partial charge < -0.3 is 0 Å². The number of rotatable bonds is 2. The smallest absolute Gasteiger partial charge is 0.0230 e. The van der Waals surface area contributed by atoms with Crippen molar-refractivity contribution in [3.8, 4) is 0 Å². The van der Waals surface area contributed by atoms with Crippen LogP contribution in [-0.2, 0) is 0 Å². The molecule has 0 N–H and O–H groups in total. The molecule has 4 atom stereocenters. The van der Waals surface area contributed by atoms with Crippen molar-refractivity contribution in [2.75, 3.05) is 0 Å². The molecule has 2 heteroatoms. The Labute approximate surface area is 150 Å². The van der Waals surface area contributed by atoms with E-state index in [0.717, 1.165) is 23.7 Å². The summed E-state index contributed by atoms with van der Waals surface area (Å²) < 4.78 is 0. The minimum Gasteiger partial charge on any atom is -0.175 e. The topological polar surface area (TPSA) is 0 Å². The second-order valence-corrected chi connectivity index (χ2v) is 9.18. The summed E-state index contributed by atoms with van der Waals surface area (Å²) in [5.41, 5.74) is 3.03. The molecule has 0 aromatic carbocycles. The maximum absolute atomic E-state index is 4.61. The van der Waals surface area contributed by atoms with Crippen LogP contribution in [0.25, 0.3) is 0 Å². The van der Waals surface area contributed by atoms with E-state index in [1.54, 1.807) is 0 Å². The lowest BCUT2D eigenvalue weighted by atomic mass is 9.82. The van der Waals surface area contributed by atoms with Gasteiger partial charge >= 0.3 is 0 Å². The van der Waals surface area contributed by atoms with Gasteiger partial charge in [0, 0.05) is 10.5 Å². The maximum Gasteiger partial charge on any atom is 0.0230 e. The Bertz CT molecular complexity index is 387. The van der Waals surface area contributed by atoms with Crippen LogP contribution in [0, 0.1) is 23.7 Å². The molecule has 0 nitrogen and oxygen atoms in total. The molecule has 0 saturated heterocycles. The maximum atomic E-state index is 4.61. The fourth-order valence-electron chi connectivity index (χ4n) is 3.57. The predicted molar refractivity (Wildman–Crippen MR) is 108 cm³/mol. The highest BCUT2D eigenvalue weighted by Gasteiger charge is 2.24. The van der Waals surface area contributed by atoms with Gasteiger partial charge in [-0.25, -0.2) is 0 Å². The lowest BCUT2D eigenvalue weighted by molar-refractivity contribution is 0.360. The number of hydrogen-bond donors (Lipinski definition) is 2. The lowest BCUT2D eigenvalue weighted by Gasteiger charge is -2.29.